The van der Waals surface area contributed by atoms with Crippen molar-refractivity contribution in [2.75, 3.05) is 37.6 Å². The summed E-state index contributed by atoms with van der Waals surface area (Å²) in [6, 6.07) is 4.97. The monoisotopic (exact) mass is 386 g/mol. The van der Waals surface area contributed by atoms with Gasteiger partial charge in [0.15, 0.2) is 5.13 Å². The van der Waals surface area contributed by atoms with Gasteiger partial charge in [0.1, 0.15) is 5.82 Å². The Hall–Kier alpha value is -1.92. The van der Waals surface area contributed by atoms with E-state index in [1.54, 1.807) is 6.07 Å². The average Bonchev–Trinajstić information content (AvgIpc) is 3.22. The lowest BCUT2D eigenvalue weighted by molar-refractivity contribution is 0.253. The van der Waals surface area contributed by atoms with Crippen LogP contribution in [0.2, 0.25) is 0 Å². The fourth-order valence-electron chi connectivity index (χ4n) is 3.76. The molecular formula is C21H27FN4S. The maximum Gasteiger partial charge on any atom is 0.185 e. The highest BCUT2D eigenvalue weighted by Gasteiger charge is 2.19. The minimum absolute atomic E-state index is 0.160. The zero-order chi connectivity index (χ0) is 18.8. The van der Waals surface area contributed by atoms with E-state index < -0.39 is 0 Å². The van der Waals surface area contributed by atoms with Crippen molar-refractivity contribution in [1.82, 2.24) is 14.9 Å². The molecule has 1 saturated heterocycles. The number of hydrogen-bond acceptors (Lipinski definition) is 4. The smallest absolute Gasteiger partial charge is 0.185 e. The van der Waals surface area contributed by atoms with Gasteiger partial charge in [-0.2, -0.15) is 0 Å². The van der Waals surface area contributed by atoms with E-state index in [0.717, 1.165) is 62.2 Å². The second kappa shape index (κ2) is 7.98. The number of aryl methyl sites for hydroxylation is 3. The highest BCUT2D eigenvalue weighted by molar-refractivity contribution is 7.15. The Bertz CT molecular complexity index is 889. The molecule has 0 aliphatic carbocycles. The van der Waals surface area contributed by atoms with Crippen LogP contribution in [0.3, 0.4) is 0 Å². The van der Waals surface area contributed by atoms with Crippen LogP contribution in [0.5, 0.6) is 0 Å². The second-order valence-electron chi connectivity index (χ2n) is 7.43. The van der Waals surface area contributed by atoms with Gasteiger partial charge < -0.3 is 9.88 Å². The number of halogens is 1. The number of nitrogens with one attached hydrogen (secondary N) is 1. The largest absolute Gasteiger partial charge is 0.361 e. The Morgan fingerprint density at radius 2 is 1.96 bits per heavy atom. The van der Waals surface area contributed by atoms with Crippen LogP contribution in [-0.2, 0) is 6.42 Å². The van der Waals surface area contributed by atoms with Crippen LogP contribution in [0.15, 0.2) is 24.4 Å². The second-order valence-corrected chi connectivity index (χ2v) is 8.61. The third kappa shape index (κ3) is 4.17. The lowest BCUT2D eigenvalue weighted by atomic mass is 10.1. The number of unbranched alkanes of at least 4 members (excludes halogenated alkanes) is 1. The summed E-state index contributed by atoms with van der Waals surface area (Å²) in [5, 5.41) is 2.20. The van der Waals surface area contributed by atoms with E-state index >= 15 is 0 Å². The molecule has 0 radical (unpaired) electrons. The Morgan fingerprint density at radius 3 is 2.70 bits per heavy atom. The Morgan fingerprint density at radius 1 is 1.15 bits per heavy atom. The van der Waals surface area contributed by atoms with Crippen molar-refractivity contribution < 1.29 is 4.39 Å². The van der Waals surface area contributed by atoms with E-state index in [1.165, 1.54) is 28.1 Å². The predicted molar refractivity (Wildman–Crippen MR) is 111 cm³/mol. The molecule has 0 saturated carbocycles. The standard InChI is InChI=1S/C21H27FN4S/c1-15-16(2)27-21(24-15)26-11-9-25(10-12-26)8-4-3-5-17-14-23-20-7-6-18(22)13-19(17)20/h6-7,13-14,23H,3-5,8-12H2,1-2H3. The molecule has 144 valence electrons. The van der Waals surface area contributed by atoms with Crippen molar-refractivity contribution in [2.24, 2.45) is 0 Å². The molecule has 1 fully saturated rings. The minimum Gasteiger partial charge on any atom is -0.361 e. The number of aromatic amines is 1. The van der Waals surface area contributed by atoms with E-state index in [0.29, 0.717) is 0 Å². The van der Waals surface area contributed by atoms with Crippen LogP contribution in [0.4, 0.5) is 9.52 Å². The summed E-state index contributed by atoms with van der Waals surface area (Å²) in [7, 11) is 0. The van der Waals surface area contributed by atoms with Gasteiger partial charge in [0.25, 0.3) is 0 Å². The number of rotatable bonds is 6. The molecule has 27 heavy (non-hydrogen) atoms. The first-order chi connectivity index (χ1) is 13.1. The van der Waals surface area contributed by atoms with Gasteiger partial charge in [-0.3, -0.25) is 4.90 Å². The molecule has 3 aromatic rings. The Labute approximate surface area is 164 Å². The van der Waals surface area contributed by atoms with Crippen molar-refractivity contribution in [3.63, 3.8) is 0 Å². The molecule has 6 heteroatoms. The summed E-state index contributed by atoms with van der Waals surface area (Å²) in [4.78, 5) is 14.2. The van der Waals surface area contributed by atoms with Gasteiger partial charge in [0, 0.05) is 48.2 Å². The first kappa shape index (κ1) is 18.4. The molecule has 4 rings (SSSR count). The number of H-pyrrole nitrogens is 1. The van der Waals surface area contributed by atoms with Crippen LogP contribution in [-0.4, -0.2) is 47.6 Å². The fourth-order valence-corrected chi connectivity index (χ4v) is 4.72. The summed E-state index contributed by atoms with van der Waals surface area (Å²) in [6.07, 6.45) is 5.34. The number of benzene rings is 1. The van der Waals surface area contributed by atoms with Crippen molar-refractivity contribution >= 4 is 27.4 Å². The zero-order valence-electron chi connectivity index (χ0n) is 16.1. The normalized spacial score (nSPS) is 15.7. The van der Waals surface area contributed by atoms with Crippen molar-refractivity contribution in [3.8, 4) is 0 Å². The average molecular weight is 387 g/mol. The summed E-state index contributed by atoms with van der Waals surface area (Å²) < 4.78 is 13.5. The van der Waals surface area contributed by atoms with Gasteiger partial charge in [-0.05, 0) is 63.4 Å². The van der Waals surface area contributed by atoms with E-state index in [4.69, 9.17) is 4.98 Å². The molecule has 2 aromatic heterocycles. The summed E-state index contributed by atoms with van der Waals surface area (Å²) in [5.41, 5.74) is 3.41. The maximum atomic E-state index is 13.5. The predicted octanol–water partition coefficient (Wildman–Crippen LogP) is 4.53. The van der Waals surface area contributed by atoms with E-state index in [2.05, 4.69) is 28.6 Å². The highest BCUT2D eigenvalue weighted by Crippen LogP contribution is 2.26. The van der Waals surface area contributed by atoms with E-state index in [9.17, 15) is 4.39 Å². The number of thiazole rings is 1. The third-order valence-electron chi connectivity index (χ3n) is 5.56. The molecule has 0 spiro atoms. The van der Waals surface area contributed by atoms with Crippen LogP contribution >= 0.6 is 11.3 Å². The summed E-state index contributed by atoms with van der Waals surface area (Å²) >= 11 is 1.81. The van der Waals surface area contributed by atoms with Crippen molar-refractivity contribution in [3.05, 3.63) is 46.3 Å². The fraction of sp³-hybridized carbons (Fsp3) is 0.476. The lowest BCUT2D eigenvalue weighted by Gasteiger charge is -2.34. The molecule has 4 nitrogen and oxygen atoms in total. The molecule has 1 aliphatic rings. The summed E-state index contributed by atoms with van der Waals surface area (Å²) in [5.74, 6) is -0.160. The number of nitrogens with zero attached hydrogens (tertiary/aromatic N) is 3. The molecule has 0 unspecified atom stereocenters. The molecule has 0 amide bonds. The van der Waals surface area contributed by atoms with Crippen molar-refractivity contribution in [2.45, 2.75) is 33.1 Å². The molecular weight excluding hydrogens is 359 g/mol. The number of fused-ring (bicyclic) bond motifs is 1. The van der Waals surface area contributed by atoms with Gasteiger partial charge in [-0.25, -0.2) is 9.37 Å². The topological polar surface area (TPSA) is 35.2 Å². The quantitative estimate of drug-likeness (QED) is 0.633. The zero-order valence-corrected chi connectivity index (χ0v) is 16.9. The van der Waals surface area contributed by atoms with Crippen LogP contribution in [0.25, 0.3) is 10.9 Å². The number of piperazine rings is 1. The Kier molecular flexibility index (Phi) is 5.45. The van der Waals surface area contributed by atoms with Crippen LogP contribution in [0, 0.1) is 19.7 Å². The minimum atomic E-state index is -0.160. The highest BCUT2D eigenvalue weighted by atomic mass is 32.1. The Balaban J connectivity index is 1.22. The van der Waals surface area contributed by atoms with Gasteiger partial charge in [-0.15, -0.1) is 11.3 Å². The first-order valence-electron chi connectivity index (χ1n) is 9.77. The number of anilines is 1. The van der Waals surface area contributed by atoms with Gasteiger partial charge in [-0.1, -0.05) is 0 Å². The molecule has 1 N–H and O–H groups in total. The van der Waals surface area contributed by atoms with Gasteiger partial charge >= 0.3 is 0 Å². The molecule has 0 atom stereocenters. The van der Waals surface area contributed by atoms with Gasteiger partial charge in [0.05, 0.1) is 5.69 Å². The molecule has 0 bridgehead atoms. The SMILES string of the molecule is Cc1nc(N2CCN(CCCCc3c[nH]c4ccc(F)cc34)CC2)sc1C. The third-order valence-corrected chi connectivity index (χ3v) is 6.69. The lowest BCUT2D eigenvalue weighted by Crippen LogP contribution is -2.46. The maximum absolute atomic E-state index is 13.5. The molecule has 1 aromatic carbocycles. The molecule has 1 aliphatic heterocycles. The molecule has 3 heterocycles. The number of hydrogen-bond donors (Lipinski definition) is 1. The van der Waals surface area contributed by atoms with Crippen LogP contribution in [0.1, 0.15) is 29.0 Å². The summed E-state index contributed by atoms with van der Waals surface area (Å²) in [6.45, 7) is 9.72. The van der Waals surface area contributed by atoms with Crippen molar-refractivity contribution in [1.29, 1.82) is 0 Å². The van der Waals surface area contributed by atoms with E-state index in [-0.39, 0.29) is 5.82 Å². The number of aromatic nitrogens is 2. The van der Waals surface area contributed by atoms with Gasteiger partial charge in [0.2, 0.25) is 0 Å². The first-order valence-corrected chi connectivity index (χ1v) is 10.6. The van der Waals surface area contributed by atoms with Crippen LogP contribution < -0.4 is 4.90 Å². The van der Waals surface area contributed by atoms with E-state index in [1.807, 2.05) is 23.6 Å².